The number of hydrogen-bond acceptors (Lipinski definition) is 4. The maximum atomic E-state index is 10.8. The molecule has 0 atom stereocenters. The molecular weight excluding hydrogens is 773 g/mol. The predicted molar refractivity (Wildman–Crippen MR) is 255 cm³/mol. The summed E-state index contributed by atoms with van der Waals surface area (Å²) in [5, 5.41) is 10.8. The van der Waals surface area contributed by atoms with Crippen molar-refractivity contribution in [2.24, 2.45) is 0 Å². The van der Waals surface area contributed by atoms with Crippen LogP contribution in [0.2, 0.25) is 0 Å². The summed E-state index contributed by atoms with van der Waals surface area (Å²) in [6.45, 7) is 2.07. The quantitative estimate of drug-likeness (QED) is 0.182. The summed E-state index contributed by atoms with van der Waals surface area (Å²) in [7, 11) is 0. The molecule has 0 radical (unpaired) electrons. The first-order valence-corrected chi connectivity index (χ1v) is 21.8. The van der Waals surface area contributed by atoms with Crippen LogP contribution in [0.25, 0.3) is 88.0 Å². The van der Waals surface area contributed by atoms with Crippen molar-refractivity contribution in [3.05, 3.63) is 234 Å². The number of para-hydroxylation sites is 1. The lowest BCUT2D eigenvalue weighted by Gasteiger charge is -2.30. The molecule has 1 N–H and O–H groups in total. The van der Waals surface area contributed by atoms with Gasteiger partial charge >= 0.3 is 0 Å². The number of benzene rings is 7. The highest BCUT2D eigenvalue weighted by Crippen LogP contribution is 2.63. The Morgan fingerprint density at radius 1 is 0.355 bits per heavy atom. The maximum absolute atomic E-state index is 10.8. The first kappa shape index (κ1) is 36.2. The molecule has 1 spiro atoms. The summed E-state index contributed by atoms with van der Waals surface area (Å²) in [5.41, 5.74) is 20.9. The van der Waals surface area contributed by atoms with Crippen LogP contribution in [0.3, 0.4) is 0 Å². The molecule has 0 fully saturated rings. The number of aromatic nitrogens is 2. The molecular formula is C58H38N2OS. The van der Waals surface area contributed by atoms with Gasteiger partial charge in [-0.25, -0.2) is 4.98 Å². The Balaban J connectivity index is 0.923. The Labute approximate surface area is 365 Å². The Bertz CT molecular complexity index is 3340. The van der Waals surface area contributed by atoms with Crippen LogP contribution in [0.1, 0.15) is 27.9 Å². The van der Waals surface area contributed by atoms with Gasteiger partial charge in [-0.2, -0.15) is 0 Å². The van der Waals surface area contributed by atoms with Crippen molar-refractivity contribution in [3.63, 3.8) is 0 Å². The van der Waals surface area contributed by atoms with E-state index in [1.165, 1.54) is 59.8 Å². The van der Waals surface area contributed by atoms with Crippen LogP contribution < -0.4 is 0 Å². The smallest absolute Gasteiger partial charge is 0.124 e. The van der Waals surface area contributed by atoms with Crippen LogP contribution in [0.15, 0.2) is 206 Å². The van der Waals surface area contributed by atoms with Crippen molar-refractivity contribution < 1.29 is 5.11 Å². The predicted octanol–water partition coefficient (Wildman–Crippen LogP) is 14.9. The Kier molecular flexibility index (Phi) is 8.31. The number of aryl methyl sites for hydroxylation is 1. The fraction of sp³-hybridized carbons (Fsp3) is 0.0345. The SMILES string of the molecule is Cc1cc(-c2ccc(-c3ccc4c(c3)C3(c5ccccc5-c5ccccc53)c3ccccc3-4)s2)cc(-c2cccc(-c3cc(-c4ccccc4)cc(-c4ccccc4O)n3)c2)n1. The van der Waals surface area contributed by atoms with E-state index in [4.69, 9.17) is 9.97 Å². The topological polar surface area (TPSA) is 46.0 Å². The summed E-state index contributed by atoms with van der Waals surface area (Å²) in [5.74, 6) is 0.203. The summed E-state index contributed by atoms with van der Waals surface area (Å²) >= 11 is 1.83. The lowest BCUT2D eigenvalue weighted by Crippen LogP contribution is -2.25. The number of nitrogens with zero attached hydrogens (tertiary/aromatic N) is 2. The molecule has 3 heterocycles. The third-order valence-electron chi connectivity index (χ3n) is 12.7. The van der Waals surface area contributed by atoms with Gasteiger partial charge in [0.15, 0.2) is 0 Å². The van der Waals surface area contributed by atoms with Crippen molar-refractivity contribution in [1.82, 2.24) is 9.97 Å². The summed E-state index contributed by atoms with van der Waals surface area (Å²) in [6, 6.07) is 73.3. The fourth-order valence-corrected chi connectivity index (χ4v) is 11.0. The van der Waals surface area contributed by atoms with Gasteiger partial charge in [0.25, 0.3) is 0 Å². The van der Waals surface area contributed by atoms with E-state index >= 15 is 0 Å². The van der Waals surface area contributed by atoms with E-state index in [1.54, 1.807) is 6.07 Å². The van der Waals surface area contributed by atoms with Gasteiger partial charge in [0, 0.05) is 32.1 Å². The number of fused-ring (bicyclic) bond motifs is 10. The highest BCUT2D eigenvalue weighted by Gasteiger charge is 2.51. The van der Waals surface area contributed by atoms with E-state index in [-0.39, 0.29) is 11.2 Å². The minimum absolute atomic E-state index is 0.203. The third-order valence-corrected chi connectivity index (χ3v) is 13.9. The van der Waals surface area contributed by atoms with Crippen LogP contribution in [-0.4, -0.2) is 15.1 Å². The molecule has 2 aliphatic rings. The van der Waals surface area contributed by atoms with E-state index in [9.17, 15) is 5.11 Å². The number of hydrogen-bond donors (Lipinski definition) is 1. The van der Waals surface area contributed by atoms with Gasteiger partial charge in [0.1, 0.15) is 5.75 Å². The van der Waals surface area contributed by atoms with E-state index in [1.807, 2.05) is 53.8 Å². The van der Waals surface area contributed by atoms with Crippen molar-refractivity contribution >= 4 is 11.3 Å². The molecule has 7 aromatic carbocycles. The Hall–Kier alpha value is -7.66. The molecule has 10 aromatic rings. The minimum Gasteiger partial charge on any atom is -0.507 e. The minimum atomic E-state index is -0.371. The highest BCUT2D eigenvalue weighted by molar-refractivity contribution is 7.18. The van der Waals surface area contributed by atoms with Crippen molar-refractivity contribution in [3.8, 4) is 93.8 Å². The zero-order valence-corrected chi connectivity index (χ0v) is 34.7. The average molecular weight is 811 g/mol. The molecule has 0 saturated carbocycles. The van der Waals surface area contributed by atoms with Gasteiger partial charge in [-0.05, 0) is 134 Å². The standard InChI is InChI=1S/C58H38N2OS/c1-36-30-42(35-52(59-36)38-16-13-17-39(31-38)53-33-41(37-14-3-2-4-15-37)34-54(60-53)47-21-8-12-25-55(47)61)57-29-28-56(62-57)40-26-27-46-45-20-7-11-24-50(45)58(51(46)32-40)48-22-9-5-18-43(48)44-19-6-10-23-49(44)58/h2-35,61H,1H3. The number of rotatable bonds is 6. The molecule has 3 aromatic heterocycles. The molecule has 2 aliphatic carbocycles. The number of phenolic OH excluding ortho intramolecular Hbond substituents is 1. The van der Waals surface area contributed by atoms with E-state index < -0.39 is 0 Å². The highest BCUT2D eigenvalue weighted by atomic mass is 32.1. The van der Waals surface area contributed by atoms with Crippen molar-refractivity contribution in [2.75, 3.05) is 0 Å². The van der Waals surface area contributed by atoms with Gasteiger partial charge < -0.3 is 5.11 Å². The molecule has 0 unspecified atom stereocenters. The second kappa shape index (κ2) is 14.2. The van der Waals surface area contributed by atoms with E-state index in [2.05, 4.69) is 165 Å². The molecule has 3 nitrogen and oxygen atoms in total. The molecule has 0 saturated heterocycles. The monoisotopic (exact) mass is 810 g/mol. The van der Waals surface area contributed by atoms with Crippen LogP contribution in [0, 0.1) is 6.92 Å². The fourth-order valence-electron chi connectivity index (χ4n) is 10.00. The van der Waals surface area contributed by atoms with Gasteiger partial charge in [0.2, 0.25) is 0 Å². The summed E-state index contributed by atoms with van der Waals surface area (Å²) in [4.78, 5) is 12.6. The summed E-state index contributed by atoms with van der Waals surface area (Å²) < 4.78 is 0. The van der Waals surface area contributed by atoms with E-state index in [0.717, 1.165) is 50.6 Å². The second-order valence-electron chi connectivity index (χ2n) is 16.3. The molecule has 62 heavy (non-hydrogen) atoms. The Morgan fingerprint density at radius 2 is 0.871 bits per heavy atom. The zero-order valence-electron chi connectivity index (χ0n) is 33.9. The van der Waals surface area contributed by atoms with Crippen LogP contribution in [-0.2, 0) is 5.41 Å². The van der Waals surface area contributed by atoms with Gasteiger partial charge in [-0.3, -0.25) is 4.98 Å². The first-order chi connectivity index (χ1) is 30.5. The molecule has 292 valence electrons. The molecule has 4 heteroatoms. The number of phenols is 1. The van der Waals surface area contributed by atoms with Crippen molar-refractivity contribution in [1.29, 1.82) is 0 Å². The molecule has 12 rings (SSSR count). The number of pyridine rings is 2. The second-order valence-corrected chi connectivity index (χ2v) is 17.4. The van der Waals surface area contributed by atoms with Crippen LogP contribution >= 0.6 is 11.3 Å². The first-order valence-electron chi connectivity index (χ1n) is 21.0. The van der Waals surface area contributed by atoms with Gasteiger partial charge in [-0.15, -0.1) is 11.3 Å². The molecule has 0 amide bonds. The van der Waals surface area contributed by atoms with Gasteiger partial charge in [0.05, 0.1) is 22.5 Å². The third kappa shape index (κ3) is 5.64. The lowest BCUT2D eigenvalue weighted by atomic mass is 9.70. The average Bonchev–Trinajstić information content (AvgIpc) is 4.02. The largest absolute Gasteiger partial charge is 0.507 e. The van der Waals surface area contributed by atoms with Crippen LogP contribution in [0.5, 0.6) is 5.75 Å². The normalized spacial score (nSPS) is 12.8. The number of thiophene rings is 1. The van der Waals surface area contributed by atoms with E-state index in [0.29, 0.717) is 5.56 Å². The maximum Gasteiger partial charge on any atom is 0.124 e. The lowest BCUT2D eigenvalue weighted by molar-refractivity contribution is 0.477. The van der Waals surface area contributed by atoms with Crippen molar-refractivity contribution in [2.45, 2.75) is 12.3 Å². The Morgan fingerprint density at radius 3 is 1.53 bits per heavy atom. The number of aromatic hydroxyl groups is 1. The van der Waals surface area contributed by atoms with Gasteiger partial charge in [-0.1, -0.05) is 146 Å². The molecule has 0 aliphatic heterocycles. The zero-order chi connectivity index (χ0) is 41.4. The summed E-state index contributed by atoms with van der Waals surface area (Å²) in [6.07, 6.45) is 0. The molecule has 0 bridgehead atoms. The van der Waals surface area contributed by atoms with Crippen LogP contribution in [0.4, 0.5) is 0 Å².